The number of rotatable bonds is 32. The summed E-state index contributed by atoms with van der Waals surface area (Å²) in [7, 11) is 0. The molecule has 0 spiro atoms. The molecule has 1 unspecified atom stereocenters. The second-order valence-electron chi connectivity index (χ2n) is 12.7. The van der Waals surface area contributed by atoms with Gasteiger partial charge in [-0.05, 0) is 19.8 Å². The maximum atomic E-state index is 12.9. The van der Waals surface area contributed by atoms with Crippen LogP contribution < -0.4 is 0 Å². The molecule has 1 N–H and O–H groups in total. The van der Waals surface area contributed by atoms with E-state index in [0.29, 0.717) is 0 Å². The molecule has 0 aromatic carbocycles. The van der Waals surface area contributed by atoms with Crippen molar-refractivity contribution in [2.45, 2.75) is 194 Å². The van der Waals surface area contributed by atoms with Crippen LogP contribution in [0.4, 0.5) is 0 Å². The van der Waals surface area contributed by atoms with Gasteiger partial charge in [0, 0.05) is 5.57 Å². The van der Waals surface area contributed by atoms with Gasteiger partial charge in [-0.25, -0.2) is 4.79 Å². The van der Waals surface area contributed by atoms with Crippen LogP contribution in [-0.2, 0) is 19.1 Å². The Morgan fingerprint density at radius 1 is 0.548 bits per heavy atom. The minimum absolute atomic E-state index is 0.110. The molecule has 0 bridgehead atoms. The largest absolute Gasteiger partial charge is 0.463 e. The van der Waals surface area contributed by atoms with E-state index in [1.807, 2.05) is 0 Å². The second kappa shape index (κ2) is 31.1. The van der Waals surface area contributed by atoms with Gasteiger partial charge in [0.25, 0.3) is 0 Å². The Kier molecular flexibility index (Phi) is 30.1. The summed E-state index contributed by atoms with van der Waals surface area (Å²) in [5.41, 5.74) is 0.282. The minimum Gasteiger partial charge on any atom is -0.463 e. The topological polar surface area (TPSA) is 72.8 Å². The monoisotopic (exact) mass is 595 g/mol. The number of esters is 2. The minimum atomic E-state index is -1.02. The summed E-state index contributed by atoms with van der Waals surface area (Å²) < 4.78 is 10.4. The van der Waals surface area contributed by atoms with E-state index in [2.05, 4.69) is 20.4 Å². The first-order chi connectivity index (χ1) is 20.4. The highest BCUT2D eigenvalue weighted by Gasteiger charge is 2.21. The van der Waals surface area contributed by atoms with Crippen molar-refractivity contribution in [1.82, 2.24) is 0 Å². The van der Waals surface area contributed by atoms with Crippen LogP contribution in [0.2, 0.25) is 0 Å². The zero-order valence-corrected chi connectivity index (χ0v) is 28.2. The van der Waals surface area contributed by atoms with Crippen molar-refractivity contribution in [3.05, 3.63) is 12.2 Å². The van der Waals surface area contributed by atoms with E-state index in [1.165, 1.54) is 128 Å². The summed E-state index contributed by atoms with van der Waals surface area (Å²) in [6.45, 7) is 9.29. The molecule has 1 atom stereocenters. The zero-order chi connectivity index (χ0) is 31.1. The van der Waals surface area contributed by atoms with Crippen LogP contribution in [-0.4, -0.2) is 36.4 Å². The Bertz CT molecular complexity index is 604. The van der Waals surface area contributed by atoms with Crippen LogP contribution in [0.15, 0.2) is 12.2 Å². The van der Waals surface area contributed by atoms with Crippen LogP contribution in [0.1, 0.15) is 188 Å². The van der Waals surface area contributed by atoms with Gasteiger partial charge in [-0.3, -0.25) is 4.79 Å². The molecule has 0 aliphatic rings. The van der Waals surface area contributed by atoms with E-state index < -0.39 is 12.1 Å². The third-order valence-electron chi connectivity index (χ3n) is 8.32. The number of carbonyl (C=O) groups is 2. The van der Waals surface area contributed by atoms with Crippen molar-refractivity contribution < 1.29 is 24.2 Å². The molecule has 0 fully saturated rings. The number of aliphatic hydroxyl groups excluding tert-OH is 1. The van der Waals surface area contributed by atoms with Crippen LogP contribution in [0.5, 0.6) is 0 Å². The highest BCUT2D eigenvalue weighted by atomic mass is 16.6. The molecule has 42 heavy (non-hydrogen) atoms. The average molecular weight is 595 g/mol. The maximum absolute atomic E-state index is 12.9. The fraction of sp³-hybridized carbons (Fsp3) is 0.892. The number of carbonyl (C=O) groups excluding carboxylic acids is 2. The molecule has 0 heterocycles. The van der Waals surface area contributed by atoms with Crippen molar-refractivity contribution in [2.75, 3.05) is 13.2 Å². The van der Waals surface area contributed by atoms with Gasteiger partial charge in [0.1, 0.15) is 19.3 Å². The van der Waals surface area contributed by atoms with Gasteiger partial charge in [-0.1, -0.05) is 175 Å². The van der Waals surface area contributed by atoms with Crippen LogP contribution >= 0.6 is 0 Å². The molecule has 0 aromatic heterocycles. The lowest BCUT2D eigenvalue weighted by atomic mass is 9.94. The van der Waals surface area contributed by atoms with Crippen LogP contribution in [0.3, 0.4) is 0 Å². The summed E-state index contributed by atoms with van der Waals surface area (Å²) in [6, 6.07) is 0. The van der Waals surface area contributed by atoms with E-state index in [4.69, 9.17) is 9.47 Å². The number of ether oxygens (including phenoxy) is 2. The highest BCUT2D eigenvalue weighted by molar-refractivity contribution is 5.86. The van der Waals surface area contributed by atoms with E-state index in [-0.39, 0.29) is 30.7 Å². The molecule has 248 valence electrons. The van der Waals surface area contributed by atoms with Gasteiger partial charge in [0.05, 0.1) is 5.92 Å². The maximum Gasteiger partial charge on any atom is 0.333 e. The Morgan fingerprint density at radius 3 is 1.19 bits per heavy atom. The molecule has 0 aromatic rings. The Morgan fingerprint density at radius 2 is 0.857 bits per heavy atom. The first-order valence-electron chi connectivity index (χ1n) is 18.1. The van der Waals surface area contributed by atoms with E-state index >= 15 is 0 Å². The lowest BCUT2D eigenvalue weighted by Crippen LogP contribution is -2.28. The van der Waals surface area contributed by atoms with Gasteiger partial charge in [-0.15, -0.1) is 0 Å². The molecule has 0 rings (SSSR count). The van der Waals surface area contributed by atoms with E-state index in [1.54, 1.807) is 6.92 Å². The van der Waals surface area contributed by atoms with E-state index in [0.717, 1.165) is 38.5 Å². The lowest BCUT2D eigenvalue weighted by molar-refractivity contribution is -0.154. The molecule has 0 radical (unpaired) electrons. The standard InChI is InChI=1S/C37H70O5/c1-5-7-9-11-13-15-17-19-21-23-25-27-29-34(37(40)42-32-35(38)31-41-36(39)33(3)4)30-28-26-24-22-20-18-16-14-12-10-8-6-2/h34-35,38H,3,5-32H2,1-2,4H3. The molecular weight excluding hydrogens is 524 g/mol. The fourth-order valence-corrected chi connectivity index (χ4v) is 5.48. The van der Waals surface area contributed by atoms with E-state index in [9.17, 15) is 14.7 Å². The van der Waals surface area contributed by atoms with Crippen molar-refractivity contribution in [1.29, 1.82) is 0 Å². The molecule has 0 aliphatic carbocycles. The van der Waals surface area contributed by atoms with Crippen molar-refractivity contribution in [3.63, 3.8) is 0 Å². The number of aliphatic hydroxyl groups is 1. The predicted octanol–water partition coefficient (Wildman–Crippen LogP) is 10.8. The average Bonchev–Trinajstić information content (AvgIpc) is 2.98. The number of hydrogen-bond acceptors (Lipinski definition) is 5. The molecule has 5 heteroatoms. The van der Waals surface area contributed by atoms with Gasteiger partial charge in [-0.2, -0.15) is 0 Å². The quantitative estimate of drug-likeness (QED) is 0.0476. The van der Waals surface area contributed by atoms with Gasteiger partial charge in [0.15, 0.2) is 0 Å². The molecule has 0 aliphatic heterocycles. The van der Waals surface area contributed by atoms with Gasteiger partial charge >= 0.3 is 11.9 Å². The second-order valence-corrected chi connectivity index (χ2v) is 12.7. The predicted molar refractivity (Wildman–Crippen MR) is 178 cm³/mol. The molecule has 5 nitrogen and oxygen atoms in total. The first-order valence-corrected chi connectivity index (χ1v) is 18.1. The Balaban J connectivity index is 4.23. The van der Waals surface area contributed by atoms with Crippen LogP contribution in [0, 0.1) is 5.92 Å². The molecule has 0 saturated heterocycles. The molecular formula is C37H70O5. The fourth-order valence-electron chi connectivity index (χ4n) is 5.48. The summed E-state index contributed by atoms with van der Waals surface area (Å²) >= 11 is 0. The Hall–Kier alpha value is -1.36. The van der Waals surface area contributed by atoms with Crippen molar-refractivity contribution in [3.8, 4) is 0 Å². The summed E-state index contributed by atoms with van der Waals surface area (Å²) in [5, 5.41) is 10.1. The van der Waals surface area contributed by atoms with Crippen molar-refractivity contribution >= 4 is 11.9 Å². The van der Waals surface area contributed by atoms with Crippen molar-refractivity contribution in [2.24, 2.45) is 5.92 Å². The smallest absolute Gasteiger partial charge is 0.333 e. The van der Waals surface area contributed by atoms with Gasteiger partial charge < -0.3 is 14.6 Å². The number of unbranched alkanes of at least 4 members (excludes halogenated alkanes) is 22. The highest BCUT2D eigenvalue weighted by Crippen LogP contribution is 2.21. The first kappa shape index (κ1) is 40.6. The summed E-state index contributed by atoms with van der Waals surface area (Å²) in [6.07, 6.45) is 32.0. The SMILES string of the molecule is C=C(C)C(=O)OCC(O)COC(=O)C(CCCCCCCCCCCCCC)CCCCCCCCCCCCCC. The van der Waals surface area contributed by atoms with Crippen LogP contribution in [0.25, 0.3) is 0 Å². The summed E-state index contributed by atoms with van der Waals surface area (Å²) in [4.78, 5) is 24.4. The molecule has 0 amide bonds. The van der Waals surface area contributed by atoms with Gasteiger partial charge in [0.2, 0.25) is 0 Å². The number of hydrogen-bond donors (Lipinski definition) is 1. The third-order valence-corrected chi connectivity index (χ3v) is 8.32. The molecule has 0 saturated carbocycles. The zero-order valence-electron chi connectivity index (χ0n) is 28.2. The third kappa shape index (κ3) is 27.5. The summed E-state index contributed by atoms with van der Waals surface area (Å²) in [5.74, 6) is -0.870. The lowest BCUT2D eigenvalue weighted by Gasteiger charge is -2.18. The Labute approximate surface area is 261 Å². The normalized spacial score (nSPS) is 12.0.